The Bertz CT molecular complexity index is 867. The summed E-state index contributed by atoms with van der Waals surface area (Å²) in [5.74, 6) is 0.282. The van der Waals surface area contributed by atoms with Crippen molar-refractivity contribution in [2.75, 3.05) is 26.2 Å². The van der Waals surface area contributed by atoms with E-state index in [9.17, 15) is 9.59 Å². The van der Waals surface area contributed by atoms with E-state index in [1.807, 2.05) is 17.0 Å². The molecule has 2 saturated heterocycles. The van der Waals surface area contributed by atoms with Gasteiger partial charge < -0.3 is 4.90 Å². The highest BCUT2D eigenvalue weighted by atomic mass is 16.2. The van der Waals surface area contributed by atoms with E-state index < -0.39 is 0 Å². The molecule has 7 nitrogen and oxygen atoms in total. The maximum atomic E-state index is 12.4. The molecule has 0 N–H and O–H groups in total. The average molecular weight is 381 g/mol. The molecule has 2 aromatic rings. The third-order valence-corrected chi connectivity index (χ3v) is 5.80. The molecule has 7 heteroatoms. The van der Waals surface area contributed by atoms with E-state index >= 15 is 0 Å². The molecule has 148 valence electrons. The second-order valence-corrected chi connectivity index (χ2v) is 7.64. The smallest absolute Gasteiger partial charge is 0.266 e. The first-order valence-corrected chi connectivity index (χ1v) is 10.2. The summed E-state index contributed by atoms with van der Waals surface area (Å²) in [6.07, 6.45) is 8.45. The van der Waals surface area contributed by atoms with Crippen LogP contribution in [-0.2, 0) is 11.3 Å². The Morgan fingerprint density at radius 1 is 0.964 bits per heavy atom. The molecule has 0 bridgehead atoms. The van der Waals surface area contributed by atoms with Crippen LogP contribution in [0.25, 0.3) is 11.3 Å². The highest BCUT2D eigenvalue weighted by molar-refractivity contribution is 5.76. The van der Waals surface area contributed by atoms with Crippen LogP contribution in [0.3, 0.4) is 0 Å². The molecule has 0 aromatic carbocycles. The Morgan fingerprint density at radius 2 is 1.82 bits per heavy atom. The molecule has 4 heterocycles. The number of nitrogens with zero attached hydrogens (tertiary/aromatic N) is 5. The van der Waals surface area contributed by atoms with Gasteiger partial charge in [-0.1, -0.05) is 0 Å². The Kier molecular flexibility index (Phi) is 5.81. The minimum Gasteiger partial charge on any atom is -0.341 e. The van der Waals surface area contributed by atoms with Crippen molar-refractivity contribution in [1.82, 2.24) is 24.6 Å². The SMILES string of the molecule is O=C1CCCCN1CCN1CCCC1Cn1nc(-c2ccncc2)ccc1=O. The Labute approximate surface area is 165 Å². The first kappa shape index (κ1) is 18.8. The Balaban J connectivity index is 1.43. The molecule has 1 atom stereocenters. The summed E-state index contributed by atoms with van der Waals surface area (Å²) >= 11 is 0. The van der Waals surface area contributed by atoms with Gasteiger partial charge in [-0.25, -0.2) is 4.68 Å². The number of amides is 1. The van der Waals surface area contributed by atoms with Crippen LogP contribution in [-0.4, -0.2) is 62.7 Å². The summed E-state index contributed by atoms with van der Waals surface area (Å²) in [7, 11) is 0. The lowest BCUT2D eigenvalue weighted by Gasteiger charge is -2.31. The molecule has 2 fully saturated rings. The third kappa shape index (κ3) is 4.30. The normalized spacial score (nSPS) is 20.6. The van der Waals surface area contributed by atoms with Crippen LogP contribution in [0.5, 0.6) is 0 Å². The van der Waals surface area contributed by atoms with Crippen LogP contribution in [0.1, 0.15) is 32.1 Å². The number of pyridine rings is 1. The van der Waals surface area contributed by atoms with Gasteiger partial charge in [-0.15, -0.1) is 0 Å². The first-order valence-electron chi connectivity index (χ1n) is 10.2. The highest BCUT2D eigenvalue weighted by Crippen LogP contribution is 2.20. The molecule has 0 spiro atoms. The van der Waals surface area contributed by atoms with Gasteiger partial charge in [-0.3, -0.25) is 19.5 Å². The van der Waals surface area contributed by atoms with E-state index in [1.165, 1.54) is 0 Å². The lowest BCUT2D eigenvalue weighted by molar-refractivity contribution is -0.133. The average Bonchev–Trinajstić information content (AvgIpc) is 3.17. The summed E-state index contributed by atoms with van der Waals surface area (Å²) < 4.78 is 1.59. The highest BCUT2D eigenvalue weighted by Gasteiger charge is 2.27. The fourth-order valence-corrected chi connectivity index (χ4v) is 4.20. The van der Waals surface area contributed by atoms with Gasteiger partial charge in [0.25, 0.3) is 5.56 Å². The fraction of sp³-hybridized carbons (Fsp3) is 0.524. The minimum absolute atomic E-state index is 0.0733. The number of carbonyl (C=O) groups is 1. The molecule has 2 aromatic heterocycles. The molecule has 4 rings (SSSR count). The van der Waals surface area contributed by atoms with Crippen LogP contribution in [0, 0.1) is 0 Å². The van der Waals surface area contributed by atoms with Crippen LogP contribution in [0.2, 0.25) is 0 Å². The van der Waals surface area contributed by atoms with Gasteiger partial charge in [0, 0.05) is 56.1 Å². The van der Waals surface area contributed by atoms with Crippen LogP contribution >= 0.6 is 0 Å². The Hall–Kier alpha value is -2.54. The largest absolute Gasteiger partial charge is 0.341 e. The van der Waals surface area contributed by atoms with Crippen molar-refractivity contribution < 1.29 is 4.79 Å². The van der Waals surface area contributed by atoms with Gasteiger partial charge in [-0.2, -0.15) is 5.10 Å². The van der Waals surface area contributed by atoms with Gasteiger partial charge in [-0.05, 0) is 50.4 Å². The monoisotopic (exact) mass is 381 g/mol. The second kappa shape index (κ2) is 8.65. The van der Waals surface area contributed by atoms with Crippen molar-refractivity contribution in [3.63, 3.8) is 0 Å². The predicted octanol–water partition coefficient (Wildman–Crippen LogP) is 1.78. The van der Waals surface area contributed by atoms with Gasteiger partial charge in [0.2, 0.25) is 5.91 Å². The van der Waals surface area contributed by atoms with Crippen molar-refractivity contribution in [3.05, 3.63) is 47.0 Å². The summed E-state index contributed by atoms with van der Waals surface area (Å²) in [5.41, 5.74) is 1.66. The minimum atomic E-state index is -0.0733. The summed E-state index contributed by atoms with van der Waals surface area (Å²) in [5, 5.41) is 4.59. The number of hydrogen-bond acceptors (Lipinski definition) is 5. The fourth-order valence-electron chi connectivity index (χ4n) is 4.20. The summed E-state index contributed by atoms with van der Waals surface area (Å²) in [6.45, 7) is 4.15. The van der Waals surface area contributed by atoms with Crippen molar-refractivity contribution in [2.24, 2.45) is 0 Å². The van der Waals surface area contributed by atoms with Crippen molar-refractivity contribution in [1.29, 1.82) is 0 Å². The molecule has 28 heavy (non-hydrogen) atoms. The van der Waals surface area contributed by atoms with Crippen LogP contribution < -0.4 is 5.56 Å². The molecule has 0 radical (unpaired) electrons. The Morgan fingerprint density at radius 3 is 2.64 bits per heavy atom. The van der Waals surface area contributed by atoms with Crippen molar-refractivity contribution in [3.8, 4) is 11.3 Å². The molecule has 1 amide bonds. The summed E-state index contributed by atoms with van der Waals surface area (Å²) in [4.78, 5) is 32.8. The van der Waals surface area contributed by atoms with Crippen LogP contribution in [0.15, 0.2) is 41.5 Å². The molecule has 1 unspecified atom stereocenters. The zero-order valence-electron chi connectivity index (χ0n) is 16.2. The summed E-state index contributed by atoms with van der Waals surface area (Å²) in [6, 6.07) is 7.44. The van der Waals surface area contributed by atoms with Gasteiger partial charge >= 0.3 is 0 Å². The number of carbonyl (C=O) groups excluding carboxylic acids is 1. The van der Waals surface area contributed by atoms with E-state index in [0.29, 0.717) is 13.0 Å². The van der Waals surface area contributed by atoms with E-state index in [2.05, 4.69) is 15.0 Å². The number of aromatic nitrogens is 3. The van der Waals surface area contributed by atoms with E-state index in [1.54, 1.807) is 29.2 Å². The predicted molar refractivity (Wildman–Crippen MR) is 107 cm³/mol. The van der Waals surface area contributed by atoms with Gasteiger partial charge in [0.05, 0.1) is 12.2 Å². The molecule has 2 aliphatic rings. The van der Waals surface area contributed by atoms with E-state index in [0.717, 1.165) is 63.1 Å². The molecular weight excluding hydrogens is 354 g/mol. The number of rotatable bonds is 6. The van der Waals surface area contributed by atoms with E-state index in [4.69, 9.17) is 0 Å². The third-order valence-electron chi connectivity index (χ3n) is 5.80. The topological polar surface area (TPSA) is 71.3 Å². The lowest BCUT2D eigenvalue weighted by atomic mass is 10.1. The standard InChI is InChI=1S/C21H27N5O2/c27-20-5-1-2-12-25(20)15-14-24-13-3-4-18(24)16-26-21(28)7-6-19(23-26)17-8-10-22-11-9-17/h6-11,18H,1-5,12-16H2. The second-order valence-electron chi connectivity index (χ2n) is 7.64. The van der Waals surface area contributed by atoms with Crippen molar-refractivity contribution in [2.45, 2.75) is 44.7 Å². The van der Waals surface area contributed by atoms with Crippen molar-refractivity contribution >= 4 is 5.91 Å². The van der Waals surface area contributed by atoms with Crippen LogP contribution in [0.4, 0.5) is 0 Å². The number of likely N-dealkylation sites (tertiary alicyclic amines) is 2. The maximum Gasteiger partial charge on any atom is 0.266 e. The van der Waals surface area contributed by atoms with E-state index in [-0.39, 0.29) is 17.5 Å². The molecule has 2 aliphatic heterocycles. The quantitative estimate of drug-likeness (QED) is 0.763. The molecular formula is C21H27N5O2. The number of piperidine rings is 1. The number of hydrogen-bond donors (Lipinski definition) is 0. The lowest BCUT2D eigenvalue weighted by Crippen LogP contribution is -2.44. The zero-order valence-corrected chi connectivity index (χ0v) is 16.2. The maximum absolute atomic E-state index is 12.4. The molecule has 0 aliphatic carbocycles. The van der Waals surface area contributed by atoms with Gasteiger partial charge in [0.15, 0.2) is 0 Å². The first-order chi connectivity index (χ1) is 13.7. The molecule has 0 saturated carbocycles. The van der Waals surface area contributed by atoms with Gasteiger partial charge in [0.1, 0.15) is 0 Å². The zero-order chi connectivity index (χ0) is 19.3.